The van der Waals surface area contributed by atoms with Gasteiger partial charge in [-0.25, -0.2) is 4.68 Å². The summed E-state index contributed by atoms with van der Waals surface area (Å²) in [5.41, 5.74) is 3.38. The molecule has 2 N–H and O–H groups in total. The van der Waals surface area contributed by atoms with Gasteiger partial charge in [0.1, 0.15) is 5.75 Å². The number of rotatable bonds is 6. The first-order chi connectivity index (χ1) is 12.8. The Morgan fingerprint density at radius 2 is 1.59 bits per heavy atom. The third kappa shape index (κ3) is 5.99. The zero-order valence-corrected chi connectivity index (χ0v) is 17.8. The Balaban J connectivity index is 0.00000261. The van der Waals surface area contributed by atoms with Gasteiger partial charge in [-0.05, 0) is 41.5 Å². The molecule has 0 saturated carbocycles. The largest absolute Gasteiger partial charge is 0.497 e. The van der Waals surface area contributed by atoms with Crippen LogP contribution in [-0.4, -0.2) is 29.9 Å². The fourth-order valence-electron chi connectivity index (χ4n) is 2.52. The molecule has 0 radical (unpaired) electrons. The van der Waals surface area contributed by atoms with Gasteiger partial charge in [0.15, 0.2) is 5.96 Å². The molecule has 0 aliphatic rings. The second kappa shape index (κ2) is 10.6. The SMILES string of the molecule is CN=C(NCc1ccc(OC)cc1)NCc1ccc(-n2cccn2)cc1.I. The van der Waals surface area contributed by atoms with Gasteiger partial charge in [-0.1, -0.05) is 24.3 Å². The van der Waals surface area contributed by atoms with Crippen molar-refractivity contribution >= 4 is 29.9 Å². The van der Waals surface area contributed by atoms with Crippen LogP contribution in [0.2, 0.25) is 0 Å². The summed E-state index contributed by atoms with van der Waals surface area (Å²) in [6, 6.07) is 18.2. The van der Waals surface area contributed by atoms with Gasteiger partial charge in [-0.3, -0.25) is 4.99 Å². The molecule has 0 bridgehead atoms. The number of nitrogens with one attached hydrogen (secondary N) is 2. The summed E-state index contributed by atoms with van der Waals surface area (Å²) < 4.78 is 7.01. The molecular weight excluding hydrogens is 453 g/mol. The van der Waals surface area contributed by atoms with Gasteiger partial charge < -0.3 is 15.4 Å². The Morgan fingerprint density at radius 3 is 2.07 bits per heavy atom. The van der Waals surface area contributed by atoms with E-state index in [9.17, 15) is 0 Å². The lowest BCUT2D eigenvalue weighted by Crippen LogP contribution is -2.36. The molecule has 2 aromatic carbocycles. The maximum atomic E-state index is 5.17. The number of methoxy groups -OCH3 is 1. The predicted octanol–water partition coefficient (Wildman–Crippen LogP) is 3.36. The lowest BCUT2D eigenvalue weighted by molar-refractivity contribution is 0.414. The fourth-order valence-corrected chi connectivity index (χ4v) is 2.52. The van der Waals surface area contributed by atoms with E-state index in [4.69, 9.17) is 4.74 Å². The summed E-state index contributed by atoms with van der Waals surface area (Å²) in [7, 11) is 3.44. The molecule has 0 unspecified atom stereocenters. The monoisotopic (exact) mass is 477 g/mol. The van der Waals surface area contributed by atoms with Crippen molar-refractivity contribution in [3.05, 3.63) is 78.1 Å². The molecule has 0 aliphatic carbocycles. The van der Waals surface area contributed by atoms with E-state index in [-0.39, 0.29) is 24.0 Å². The Morgan fingerprint density at radius 1 is 1.00 bits per heavy atom. The number of hydrogen-bond donors (Lipinski definition) is 2. The molecule has 1 heterocycles. The van der Waals surface area contributed by atoms with Crippen molar-refractivity contribution in [1.82, 2.24) is 20.4 Å². The van der Waals surface area contributed by atoms with Gasteiger partial charge in [0.2, 0.25) is 0 Å². The molecule has 6 nitrogen and oxygen atoms in total. The number of aliphatic imine (C=N–C) groups is 1. The standard InChI is InChI=1S/C20H23N5O.HI/c1-21-20(23-15-17-6-10-19(26-2)11-7-17)22-14-16-4-8-18(9-5-16)25-13-3-12-24-25;/h3-13H,14-15H2,1-2H3,(H2,21,22,23);1H. The molecule has 0 amide bonds. The van der Waals surface area contributed by atoms with Crippen molar-refractivity contribution in [3.8, 4) is 11.4 Å². The first-order valence-electron chi connectivity index (χ1n) is 8.45. The van der Waals surface area contributed by atoms with E-state index in [0.717, 1.165) is 23.0 Å². The van der Waals surface area contributed by atoms with Crippen molar-refractivity contribution in [3.63, 3.8) is 0 Å². The highest BCUT2D eigenvalue weighted by Crippen LogP contribution is 2.11. The smallest absolute Gasteiger partial charge is 0.191 e. The van der Waals surface area contributed by atoms with Crippen LogP contribution < -0.4 is 15.4 Å². The molecule has 0 saturated heterocycles. The predicted molar refractivity (Wildman–Crippen MR) is 119 cm³/mol. The van der Waals surface area contributed by atoms with Crippen LogP contribution in [0, 0.1) is 0 Å². The third-order valence-corrected chi connectivity index (χ3v) is 4.01. The topological polar surface area (TPSA) is 63.5 Å². The molecule has 0 spiro atoms. The van der Waals surface area contributed by atoms with E-state index in [1.807, 2.05) is 41.2 Å². The minimum atomic E-state index is 0. The Kier molecular flexibility index (Phi) is 8.12. The number of guanidine groups is 1. The van der Waals surface area contributed by atoms with E-state index in [1.54, 1.807) is 20.4 Å². The fraction of sp³-hybridized carbons (Fsp3) is 0.200. The first kappa shape index (κ1) is 20.8. The molecule has 7 heteroatoms. The van der Waals surface area contributed by atoms with Gasteiger partial charge in [-0.2, -0.15) is 5.10 Å². The average Bonchev–Trinajstić information content (AvgIpc) is 3.24. The number of aromatic nitrogens is 2. The van der Waals surface area contributed by atoms with Crippen molar-refractivity contribution in [2.45, 2.75) is 13.1 Å². The second-order valence-corrected chi connectivity index (χ2v) is 5.74. The van der Waals surface area contributed by atoms with Crippen molar-refractivity contribution in [2.75, 3.05) is 14.2 Å². The summed E-state index contributed by atoms with van der Waals surface area (Å²) in [4.78, 5) is 4.27. The molecule has 1 aromatic heterocycles. The van der Waals surface area contributed by atoms with Crippen LogP contribution in [0.1, 0.15) is 11.1 Å². The number of ether oxygens (including phenoxy) is 1. The van der Waals surface area contributed by atoms with Crippen LogP contribution in [0.3, 0.4) is 0 Å². The van der Waals surface area contributed by atoms with Crippen LogP contribution in [-0.2, 0) is 13.1 Å². The van der Waals surface area contributed by atoms with Gasteiger partial charge in [0.05, 0.1) is 12.8 Å². The van der Waals surface area contributed by atoms with Crippen LogP contribution in [0.25, 0.3) is 5.69 Å². The van der Waals surface area contributed by atoms with Crippen molar-refractivity contribution in [2.24, 2.45) is 4.99 Å². The molecule has 0 fully saturated rings. The lowest BCUT2D eigenvalue weighted by Gasteiger charge is -2.12. The van der Waals surface area contributed by atoms with Crippen LogP contribution in [0.15, 0.2) is 72.0 Å². The Labute approximate surface area is 176 Å². The molecule has 3 rings (SSSR count). The third-order valence-electron chi connectivity index (χ3n) is 4.01. The van der Waals surface area contributed by atoms with Gasteiger partial charge >= 0.3 is 0 Å². The van der Waals surface area contributed by atoms with Crippen molar-refractivity contribution < 1.29 is 4.74 Å². The zero-order chi connectivity index (χ0) is 18.2. The minimum absolute atomic E-state index is 0. The second-order valence-electron chi connectivity index (χ2n) is 5.74. The Hall–Kier alpha value is -2.55. The Bertz CT molecular complexity index is 830. The van der Waals surface area contributed by atoms with Crippen LogP contribution >= 0.6 is 24.0 Å². The molecule has 142 valence electrons. The number of halogens is 1. The normalized spacial score (nSPS) is 10.8. The van der Waals surface area contributed by atoms with Gasteiger partial charge in [0.25, 0.3) is 0 Å². The summed E-state index contributed by atoms with van der Waals surface area (Å²) in [6.07, 6.45) is 3.70. The zero-order valence-electron chi connectivity index (χ0n) is 15.4. The molecule has 27 heavy (non-hydrogen) atoms. The van der Waals surface area contributed by atoms with Crippen LogP contribution in [0.5, 0.6) is 5.75 Å². The minimum Gasteiger partial charge on any atom is -0.497 e. The summed E-state index contributed by atoms with van der Waals surface area (Å²) in [5, 5.41) is 10.9. The average molecular weight is 477 g/mol. The molecule has 0 aliphatic heterocycles. The van der Waals surface area contributed by atoms with Gasteiger partial charge in [0, 0.05) is 32.5 Å². The maximum absolute atomic E-state index is 5.17. The van der Waals surface area contributed by atoms with E-state index in [0.29, 0.717) is 13.1 Å². The maximum Gasteiger partial charge on any atom is 0.191 e. The number of benzene rings is 2. The highest BCUT2D eigenvalue weighted by molar-refractivity contribution is 14.0. The first-order valence-corrected chi connectivity index (χ1v) is 8.45. The summed E-state index contributed by atoms with van der Waals surface area (Å²) in [5.74, 6) is 1.62. The van der Waals surface area contributed by atoms with Crippen LogP contribution in [0.4, 0.5) is 0 Å². The molecule has 0 atom stereocenters. The van der Waals surface area contributed by atoms with E-state index < -0.39 is 0 Å². The highest BCUT2D eigenvalue weighted by atomic mass is 127. The van der Waals surface area contributed by atoms with E-state index in [1.165, 1.54) is 5.56 Å². The van der Waals surface area contributed by atoms with E-state index >= 15 is 0 Å². The van der Waals surface area contributed by atoms with Crippen molar-refractivity contribution in [1.29, 1.82) is 0 Å². The number of hydrogen-bond acceptors (Lipinski definition) is 3. The molecular formula is C20H24IN5O. The molecule has 3 aromatic rings. The number of nitrogens with zero attached hydrogens (tertiary/aromatic N) is 3. The quantitative estimate of drug-likeness (QED) is 0.325. The highest BCUT2D eigenvalue weighted by Gasteiger charge is 2.01. The van der Waals surface area contributed by atoms with E-state index in [2.05, 4.69) is 45.0 Å². The van der Waals surface area contributed by atoms with Gasteiger partial charge in [-0.15, -0.1) is 24.0 Å². The summed E-state index contributed by atoms with van der Waals surface area (Å²) >= 11 is 0. The lowest BCUT2D eigenvalue weighted by atomic mass is 10.2. The summed E-state index contributed by atoms with van der Waals surface area (Å²) in [6.45, 7) is 1.39.